The van der Waals surface area contributed by atoms with E-state index >= 15 is 0 Å². The Kier molecular flexibility index (Phi) is 3.68. The van der Waals surface area contributed by atoms with Crippen LogP contribution in [0, 0.1) is 0 Å². The molecule has 92 valence electrons. The molecule has 2 heterocycles. The summed E-state index contributed by atoms with van der Waals surface area (Å²) in [6.45, 7) is 2.72. The fraction of sp³-hybridized carbons (Fsp3) is 0.583. The lowest BCUT2D eigenvalue weighted by Gasteiger charge is -2.37. The van der Waals surface area contributed by atoms with Crippen molar-refractivity contribution in [3.63, 3.8) is 0 Å². The number of carbonyl (C=O) groups is 1. The summed E-state index contributed by atoms with van der Waals surface area (Å²) in [7, 11) is 0. The van der Waals surface area contributed by atoms with Gasteiger partial charge in [-0.3, -0.25) is 9.78 Å². The maximum absolute atomic E-state index is 12.3. The molecular weight excluding hydrogens is 216 g/mol. The number of aromatic nitrogens is 2. The number of hydrogen-bond acceptors (Lipinski definition) is 4. The summed E-state index contributed by atoms with van der Waals surface area (Å²) in [5, 5.41) is 0. The first-order valence-electron chi connectivity index (χ1n) is 6.02. The first-order chi connectivity index (χ1) is 8.20. The highest BCUT2D eigenvalue weighted by molar-refractivity contribution is 5.92. The predicted octanol–water partition coefficient (Wildman–Crippen LogP) is 0.818. The Hall–Kier alpha value is -1.49. The Morgan fingerprint density at radius 2 is 2.35 bits per heavy atom. The summed E-state index contributed by atoms with van der Waals surface area (Å²) in [4.78, 5) is 22.1. The van der Waals surface area contributed by atoms with Gasteiger partial charge in [0, 0.05) is 31.0 Å². The minimum Gasteiger partial charge on any atom is -0.333 e. The lowest BCUT2D eigenvalue weighted by molar-refractivity contribution is 0.0577. The number of amides is 1. The molecule has 2 rings (SSSR count). The maximum Gasteiger partial charge on any atom is 0.274 e. The Balaban J connectivity index is 2.17. The third-order valence-corrected chi connectivity index (χ3v) is 3.20. The van der Waals surface area contributed by atoms with Crippen molar-refractivity contribution >= 4 is 5.91 Å². The molecule has 0 bridgehead atoms. The van der Waals surface area contributed by atoms with E-state index in [0.717, 1.165) is 25.8 Å². The van der Waals surface area contributed by atoms with Crippen LogP contribution >= 0.6 is 0 Å². The molecule has 1 aliphatic heterocycles. The number of likely N-dealkylation sites (tertiary alicyclic amines) is 1. The summed E-state index contributed by atoms with van der Waals surface area (Å²) in [5.41, 5.74) is 6.35. The van der Waals surface area contributed by atoms with Crippen molar-refractivity contribution in [2.45, 2.75) is 38.3 Å². The monoisotopic (exact) mass is 234 g/mol. The molecule has 17 heavy (non-hydrogen) atoms. The molecule has 0 radical (unpaired) electrons. The topological polar surface area (TPSA) is 72.1 Å². The van der Waals surface area contributed by atoms with Gasteiger partial charge >= 0.3 is 0 Å². The molecule has 1 saturated heterocycles. The molecule has 1 aromatic heterocycles. The van der Waals surface area contributed by atoms with E-state index in [1.165, 1.54) is 12.4 Å². The van der Waals surface area contributed by atoms with Crippen LogP contribution in [0.3, 0.4) is 0 Å². The molecule has 0 unspecified atom stereocenters. The van der Waals surface area contributed by atoms with E-state index in [2.05, 4.69) is 9.97 Å². The van der Waals surface area contributed by atoms with Crippen LogP contribution in [0.15, 0.2) is 18.6 Å². The van der Waals surface area contributed by atoms with Crippen molar-refractivity contribution in [3.05, 3.63) is 24.3 Å². The molecular formula is C12H18N4O. The highest BCUT2D eigenvalue weighted by Crippen LogP contribution is 2.20. The molecule has 1 aliphatic rings. The van der Waals surface area contributed by atoms with Gasteiger partial charge in [-0.1, -0.05) is 0 Å². The van der Waals surface area contributed by atoms with Gasteiger partial charge in [0.1, 0.15) is 5.69 Å². The highest BCUT2D eigenvalue weighted by atomic mass is 16.2. The third-order valence-electron chi connectivity index (χ3n) is 3.20. The van der Waals surface area contributed by atoms with Crippen LogP contribution in [0.4, 0.5) is 0 Å². The minimum absolute atomic E-state index is 0.00378. The van der Waals surface area contributed by atoms with Crippen LogP contribution in [0.5, 0.6) is 0 Å². The fourth-order valence-corrected chi connectivity index (χ4v) is 2.31. The SMILES string of the molecule is C[C@H](N)[C@@H]1CCCCN1C(=O)c1cnccn1. The Morgan fingerprint density at radius 3 is 3.00 bits per heavy atom. The summed E-state index contributed by atoms with van der Waals surface area (Å²) >= 11 is 0. The second-order valence-electron chi connectivity index (χ2n) is 4.51. The largest absolute Gasteiger partial charge is 0.333 e. The first-order valence-corrected chi connectivity index (χ1v) is 6.02. The summed E-state index contributed by atoms with van der Waals surface area (Å²) in [6, 6.07) is 0.120. The van der Waals surface area contributed by atoms with Crippen LogP contribution < -0.4 is 5.73 Å². The van der Waals surface area contributed by atoms with Gasteiger partial charge < -0.3 is 10.6 Å². The van der Waals surface area contributed by atoms with Gasteiger partial charge in [0.25, 0.3) is 5.91 Å². The van der Waals surface area contributed by atoms with E-state index in [1.54, 1.807) is 6.20 Å². The summed E-state index contributed by atoms with van der Waals surface area (Å²) in [5.74, 6) is -0.0555. The Morgan fingerprint density at radius 1 is 1.53 bits per heavy atom. The van der Waals surface area contributed by atoms with Gasteiger partial charge in [0.05, 0.1) is 6.20 Å². The number of piperidine rings is 1. The van der Waals surface area contributed by atoms with E-state index < -0.39 is 0 Å². The molecule has 5 heteroatoms. The lowest BCUT2D eigenvalue weighted by atomic mass is 9.96. The van der Waals surface area contributed by atoms with E-state index in [9.17, 15) is 4.79 Å². The smallest absolute Gasteiger partial charge is 0.274 e. The summed E-state index contributed by atoms with van der Waals surface area (Å²) in [6.07, 6.45) is 7.76. The van der Waals surface area contributed by atoms with Crippen molar-refractivity contribution in [3.8, 4) is 0 Å². The number of carbonyl (C=O) groups excluding carboxylic acids is 1. The fourth-order valence-electron chi connectivity index (χ4n) is 2.31. The first kappa shape index (κ1) is 12.0. The van der Waals surface area contributed by atoms with Crippen molar-refractivity contribution in [2.75, 3.05) is 6.54 Å². The standard InChI is InChI=1S/C12H18N4O/c1-9(13)11-4-2-3-7-16(11)12(17)10-8-14-5-6-15-10/h5-6,8-9,11H,2-4,7,13H2,1H3/t9-,11-/m0/s1. The van der Waals surface area contributed by atoms with E-state index in [0.29, 0.717) is 5.69 Å². The number of rotatable bonds is 2. The van der Waals surface area contributed by atoms with Gasteiger partial charge in [0.15, 0.2) is 0 Å². The van der Waals surface area contributed by atoms with E-state index in [4.69, 9.17) is 5.73 Å². The lowest BCUT2D eigenvalue weighted by Crippen LogP contribution is -2.51. The van der Waals surface area contributed by atoms with Gasteiger partial charge in [-0.05, 0) is 26.2 Å². The molecule has 0 aliphatic carbocycles. The number of nitrogens with zero attached hydrogens (tertiary/aromatic N) is 3. The molecule has 0 saturated carbocycles. The normalized spacial score (nSPS) is 22.2. The highest BCUT2D eigenvalue weighted by Gasteiger charge is 2.30. The summed E-state index contributed by atoms with van der Waals surface area (Å²) < 4.78 is 0. The molecule has 1 fully saturated rings. The Labute approximate surface area is 101 Å². The van der Waals surface area contributed by atoms with Gasteiger partial charge in [-0.25, -0.2) is 4.98 Å². The minimum atomic E-state index is -0.0555. The molecule has 1 amide bonds. The van der Waals surface area contributed by atoms with Crippen LogP contribution in [-0.2, 0) is 0 Å². The van der Waals surface area contributed by atoms with Gasteiger partial charge in [0.2, 0.25) is 0 Å². The second-order valence-corrected chi connectivity index (χ2v) is 4.51. The van der Waals surface area contributed by atoms with Crippen molar-refractivity contribution in [2.24, 2.45) is 5.73 Å². The molecule has 1 aromatic rings. The average molecular weight is 234 g/mol. The number of hydrogen-bond donors (Lipinski definition) is 1. The van der Waals surface area contributed by atoms with Crippen LogP contribution in [0.25, 0.3) is 0 Å². The third kappa shape index (κ3) is 2.61. The maximum atomic E-state index is 12.3. The zero-order valence-electron chi connectivity index (χ0n) is 10.0. The van der Waals surface area contributed by atoms with Crippen LogP contribution in [0.2, 0.25) is 0 Å². The van der Waals surface area contributed by atoms with Crippen LogP contribution in [0.1, 0.15) is 36.7 Å². The van der Waals surface area contributed by atoms with Crippen molar-refractivity contribution in [1.82, 2.24) is 14.9 Å². The molecule has 2 N–H and O–H groups in total. The van der Waals surface area contributed by atoms with Crippen molar-refractivity contribution in [1.29, 1.82) is 0 Å². The van der Waals surface area contributed by atoms with Crippen LogP contribution in [-0.4, -0.2) is 39.4 Å². The van der Waals surface area contributed by atoms with E-state index in [1.807, 2.05) is 11.8 Å². The van der Waals surface area contributed by atoms with E-state index in [-0.39, 0.29) is 18.0 Å². The molecule has 0 spiro atoms. The molecule has 5 nitrogen and oxygen atoms in total. The predicted molar refractivity (Wildman–Crippen MR) is 64.4 cm³/mol. The average Bonchev–Trinajstić information content (AvgIpc) is 2.39. The molecule has 2 atom stereocenters. The Bertz CT molecular complexity index is 379. The quantitative estimate of drug-likeness (QED) is 0.822. The zero-order valence-corrected chi connectivity index (χ0v) is 10.0. The van der Waals surface area contributed by atoms with Crippen molar-refractivity contribution < 1.29 is 4.79 Å². The second kappa shape index (κ2) is 5.23. The van der Waals surface area contributed by atoms with Gasteiger partial charge in [-0.2, -0.15) is 0 Å². The van der Waals surface area contributed by atoms with Gasteiger partial charge in [-0.15, -0.1) is 0 Å². The zero-order chi connectivity index (χ0) is 12.3. The molecule has 0 aromatic carbocycles. The number of nitrogens with two attached hydrogens (primary N) is 1.